The van der Waals surface area contributed by atoms with E-state index < -0.39 is 0 Å². The lowest BCUT2D eigenvalue weighted by Gasteiger charge is -2.16. The second-order valence-electron chi connectivity index (χ2n) is 3.99. The third-order valence-electron chi connectivity index (χ3n) is 3.09. The molecule has 2 rings (SSSR count). The lowest BCUT2D eigenvalue weighted by Crippen LogP contribution is -2.21. The molecule has 1 unspecified atom stereocenters. The third-order valence-corrected chi connectivity index (χ3v) is 3.09. The molecule has 1 atom stereocenters. The van der Waals surface area contributed by atoms with Crippen LogP contribution in [0.2, 0.25) is 0 Å². The molecule has 0 fully saturated rings. The van der Waals surface area contributed by atoms with E-state index in [1.54, 1.807) is 6.07 Å². The minimum atomic E-state index is 0.206. The molecular formula is C12H17NO2. The number of aliphatic hydroxyl groups is 1. The zero-order valence-corrected chi connectivity index (χ0v) is 8.98. The molecule has 82 valence electrons. The van der Waals surface area contributed by atoms with Gasteiger partial charge in [0, 0.05) is 31.3 Å². The predicted molar refractivity (Wildman–Crippen MR) is 60.4 cm³/mol. The Morgan fingerprint density at radius 1 is 1.47 bits per heavy atom. The van der Waals surface area contributed by atoms with E-state index in [0.717, 1.165) is 19.5 Å². The normalized spacial score (nSPS) is 19.3. The van der Waals surface area contributed by atoms with Gasteiger partial charge in [-0.2, -0.15) is 0 Å². The molecule has 1 aliphatic heterocycles. The molecule has 3 heteroatoms. The summed E-state index contributed by atoms with van der Waals surface area (Å²) in [6.45, 7) is 4.25. The Kier molecular flexibility index (Phi) is 2.82. The van der Waals surface area contributed by atoms with Gasteiger partial charge in [0.1, 0.15) is 5.75 Å². The molecule has 0 saturated heterocycles. The van der Waals surface area contributed by atoms with Gasteiger partial charge >= 0.3 is 0 Å². The first-order valence-corrected chi connectivity index (χ1v) is 5.45. The van der Waals surface area contributed by atoms with Crippen LogP contribution < -0.4 is 4.90 Å². The average molecular weight is 207 g/mol. The number of likely N-dealkylation sites (N-methyl/N-ethyl adjacent to an activating group) is 1. The summed E-state index contributed by atoms with van der Waals surface area (Å²) in [6.07, 6.45) is 0.771. The number of fused-ring (bicyclic) bond motifs is 1. The zero-order chi connectivity index (χ0) is 10.8. The Labute approximate surface area is 90.0 Å². The molecule has 0 bridgehead atoms. The number of aliphatic hydroxyl groups excluding tert-OH is 1. The van der Waals surface area contributed by atoms with Crippen LogP contribution in [0.4, 0.5) is 5.69 Å². The Balaban J connectivity index is 2.34. The Hall–Kier alpha value is -1.22. The van der Waals surface area contributed by atoms with Crippen molar-refractivity contribution in [1.29, 1.82) is 0 Å². The molecule has 0 amide bonds. The second kappa shape index (κ2) is 4.11. The molecule has 1 aromatic carbocycles. The zero-order valence-electron chi connectivity index (χ0n) is 8.98. The summed E-state index contributed by atoms with van der Waals surface area (Å²) in [7, 11) is 0. The molecular weight excluding hydrogens is 190 g/mol. The van der Waals surface area contributed by atoms with Crippen LogP contribution in [0.25, 0.3) is 0 Å². The van der Waals surface area contributed by atoms with E-state index >= 15 is 0 Å². The van der Waals surface area contributed by atoms with Gasteiger partial charge in [-0.3, -0.25) is 0 Å². The van der Waals surface area contributed by atoms with Crippen LogP contribution >= 0.6 is 0 Å². The number of benzene rings is 1. The van der Waals surface area contributed by atoms with Gasteiger partial charge in [-0.15, -0.1) is 0 Å². The molecule has 0 aromatic heterocycles. The van der Waals surface area contributed by atoms with Crippen LogP contribution in [0.3, 0.4) is 0 Å². The smallest absolute Gasteiger partial charge is 0.116 e. The minimum Gasteiger partial charge on any atom is -0.508 e. The van der Waals surface area contributed by atoms with E-state index in [2.05, 4.69) is 11.8 Å². The Morgan fingerprint density at radius 3 is 2.93 bits per heavy atom. The van der Waals surface area contributed by atoms with Crippen LogP contribution in [0.1, 0.15) is 24.8 Å². The Bertz CT molecular complexity index is 351. The lowest BCUT2D eigenvalue weighted by atomic mass is 9.98. The molecule has 15 heavy (non-hydrogen) atoms. The summed E-state index contributed by atoms with van der Waals surface area (Å²) in [5.74, 6) is 0.673. The summed E-state index contributed by atoms with van der Waals surface area (Å²) >= 11 is 0. The predicted octanol–water partition coefficient (Wildman–Crippen LogP) is 1.70. The monoisotopic (exact) mass is 207 g/mol. The first kappa shape index (κ1) is 10.3. The van der Waals surface area contributed by atoms with Gasteiger partial charge in [-0.1, -0.05) is 0 Å². The van der Waals surface area contributed by atoms with Gasteiger partial charge in [0.25, 0.3) is 0 Å². The summed E-state index contributed by atoms with van der Waals surface area (Å²) < 4.78 is 0. The van der Waals surface area contributed by atoms with E-state index in [9.17, 15) is 5.11 Å². The molecule has 1 aromatic rings. The average Bonchev–Trinajstić information content (AvgIpc) is 2.57. The van der Waals surface area contributed by atoms with Crippen LogP contribution in [-0.4, -0.2) is 29.9 Å². The summed E-state index contributed by atoms with van der Waals surface area (Å²) in [5, 5.41) is 18.5. The fourth-order valence-electron chi connectivity index (χ4n) is 2.32. The maximum Gasteiger partial charge on any atom is 0.116 e. The highest BCUT2D eigenvalue weighted by molar-refractivity contribution is 5.62. The number of rotatable bonds is 3. The highest BCUT2D eigenvalue weighted by atomic mass is 16.3. The van der Waals surface area contributed by atoms with Crippen LogP contribution in [-0.2, 0) is 0 Å². The van der Waals surface area contributed by atoms with Crippen molar-refractivity contribution in [3.05, 3.63) is 23.8 Å². The van der Waals surface area contributed by atoms with Crippen molar-refractivity contribution in [2.75, 3.05) is 24.6 Å². The molecule has 0 spiro atoms. The van der Waals surface area contributed by atoms with Gasteiger partial charge in [0.2, 0.25) is 0 Å². The Morgan fingerprint density at radius 2 is 2.27 bits per heavy atom. The summed E-state index contributed by atoms with van der Waals surface area (Å²) in [6, 6.07) is 5.51. The highest BCUT2D eigenvalue weighted by Gasteiger charge is 2.27. The summed E-state index contributed by atoms with van der Waals surface area (Å²) in [5.41, 5.74) is 2.37. The van der Waals surface area contributed by atoms with Crippen molar-refractivity contribution in [2.24, 2.45) is 0 Å². The van der Waals surface area contributed by atoms with Gasteiger partial charge in [0.05, 0.1) is 0 Å². The molecule has 1 aliphatic rings. The fraction of sp³-hybridized carbons (Fsp3) is 0.500. The number of phenolic OH excluding ortho intramolecular Hbond substituents is 1. The number of nitrogens with zero attached hydrogens (tertiary/aromatic N) is 1. The lowest BCUT2D eigenvalue weighted by molar-refractivity contribution is 0.277. The second-order valence-corrected chi connectivity index (χ2v) is 3.99. The van der Waals surface area contributed by atoms with E-state index in [1.165, 1.54) is 11.3 Å². The maximum absolute atomic E-state index is 9.46. The molecule has 0 aliphatic carbocycles. The quantitative estimate of drug-likeness (QED) is 0.792. The summed E-state index contributed by atoms with van der Waals surface area (Å²) in [4.78, 5) is 2.29. The van der Waals surface area contributed by atoms with Crippen molar-refractivity contribution in [2.45, 2.75) is 19.3 Å². The van der Waals surface area contributed by atoms with E-state index in [1.807, 2.05) is 12.1 Å². The van der Waals surface area contributed by atoms with Gasteiger partial charge in [-0.05, 0) is 37.1 Å². The minimum absolute atomic E-state index is 0.206. The largest absolute Gasteiger partial charge is 0.508 e. The number of hydrogen-bond donors (Lipinski definition) is 2. The molecule has 1 heterocycles. The third kappa shape index (κ3) is 1.79. The highest BCUT2D eigenvalue weighted by Crippen LogP contribution is 2.39. The topological polar surface area (TPSA) is 43.7 Å². The van der Waals surface area contributed by atoms with E-state index in [4.69, 9.17) is 5.11 Å². The number of anilines is 1. The number of aromatic hydroxyl groups is 1. The van der Waals surface area contributed by atoms with Gasteiger partial charge < -0.3 is 15.1 Å². The molecule has 0 saturated carbocycles. The van der Waals surface area contributed by atoms with Gasteiger partial charge in [0.15, 0.2) is 0 Å². The van der Waals surface area contributed by atoms with Gasteiger partial charge in [-0.25, -0.2) is 0 Å². The first-order chi connectivity index (χ1) is 7.26. The number of hydrogen-bond acceptors (Lipinski definition) is 3. The van der Waals surface area contributed by atoms with Crippen molar-refractivity contribution < 1.29 is 10.2 Å². The van der Waals surface area contributed by atoms with Crippen molar-refractivity contribution in [3.63, 3.8) is 0 Å². The van der Waals surface area contributed by atoms with E-state index in [-0.39, 0.29) is 6.61 Å². The first-order valence-electron chi connectivity index (χ1n) is 5.45. The van der Waals surface area contributed by atoms with Crippen LogP contribution in [0, 0.1) is 0 Å². The molecule has 3 nitrogen and oxygen atoms in total. The van der Waals surface area contributed by atoms with Crippen molar-refractivity contribution in [3.8, 4) is 5.75 Å². The SMILES string of the molecule is CCN1CC(CCO)c2cc(O)ccc21. The van der Waals surface area contributed by atoms with Crippen molar-refractivity contribution >= 4 is 5.69 Å². The number of phenols is 1. The van der Waals surface area contributed by atoms with Crippen LogP contribution in [0.5, 0.6) is 5.75 Å². The fourth-order valence-corrected chi connectivity index (χ4v) is 2.32. The molecule has 2 N–H and O–H groups in total. The standard InChI is InChI=1S/C12H17NO2/c1-2-13-8-9(5-6-14)11-7-10(15)3-4-12(11)13/h3-4,7,9,14-15H,2,5-6,8H2,1H3. The van der Waals surface area contributed by atoms with E-state index in [0.29, 0.717) is 11.7 Å². The maximum atomic E-state index is 9.46. The van der Waals surface area contributed by atoms with Crippen molar-refractivity contribution in [1.82, 2.24) is 0 Å². The van der Waals surface area contributed by atoms with Crippen LogP contribution in [0.15, 0.2) is 18.2 Å². The molecule has 0 radical (unpaired) electrons.